The normalized spacial score (nSPS) is 12.7. The summed E-state index contributed by atoms with van der Waals surface area (Å²) in [5.74, 6) is 0.207. The van der Waals surface area contributed by atoms with E-state index < -0.39 is 11.6 Å². The second kappa shape index (κ2) is 11.1. The summed E-state index contributed by atoms with van der Waals surface area (Å²) in [4.78, 5) is 28.1. The van der Waals surface area contributed by atoms with Crippen LogP contribution in [0.4, 0.5) is 0 Å². The standard InChI is InChI=1S/C27H37ClN2O3/c1-8-22(25(32)29-27(5,6)7)30(17-19-13-9-11-15-21(19)28)24(31)18-33-23-16-12-10-14-20(23)26(2,3)4/h9-16,22H,8,17-18H2,1-7H3,(H,29,32). The lowest BCUT2D eigenvalue weighted by molar-refractivity contribution is -0.143. The first-order valence-electron chi connectivity index (χ1n) is 11.4. The van der Waals surface area contributed by atoms with E-state index in [9.17, 15) is 9.59 Å². The van der Waals surface area contributed by atoms with Gasteiger partial charge in [0.05, 0.1) is 0 Å². The molecule has 1 atom stereocenters. The van der Waals surface area contributed by atoms with Gasteiger partial charge in [0.2, 0.25) is 5.91 Å². The SMILES string of the molecule is CCC(C(=O)NC(C)(C)C)N(Cc1ccccc1Cl)C(=O)COc1ccccc1C(C)(C)C. The van der Waals surface area contributed by atoms with Crippen LogP contribution in [0.15, 0.2) is 48.5 Å². The van der Waals surface area contributed by atoms with E-state index in [1.807, 2.05) is 70.2 Å². The van der Waals surface area contributed by atoms with Crippen molar-refractivity contribution in [2.75, 3.05) is 6.61 Å². The van der Waals surface area contributed by atoms with Gasteiger partial charge in [-0.2, -0.15) is 0 Å². The second-order valence-corrected chi connectivity index (χ2v) is 10.7. The number of hydrogen-bond donors (Lipinski definition) is 1. The highest BCUT2D eigenvalue weighted by molar-refractivity contribution is 6.31. The molecule has 2 amide bonds. The van der Waals surface area contributed by atoms with Crippen molar-refractivity contribution >= 4 is 23.4 Å². The maximum absolute atomic E-state index is 13.4. The molecule has 2 aromatic carbocycles. The Kier molecular flexibility index (Phi) is 8.96. The van der Waals surface area contributed by atoms with Crippen molar-refractivity contribution in [3.8, 4) is 5.75 Å². The molecular weight excluding hydrogens is 436 g/mol. The molecule has 1 unspecified atom stereocenters. The van der Waals surface area contributed by atoms with E-state index in [1.165, 1.54) is 0 Å². The van der Waals surface area contributed by atoms with Crippen molar-refractivity contribution in [3.63, 3.8) is 0 Å². The lowest BCUT2D eigenvalue weighted by Crippen LogP contribution is -2.54. The minimum Gasteiger partial charge on any atom is -0.483 e. The first-order chi connectivity index (χ1) is 15.3. The number of benzene rings is 2. The maximum atomic E-state index is 13.4. The molecule has 0 heterocycles. The van der Waals surface area contributed by atoms with Crippen LogP contribution in [0, 0.1) is 0 Å². The van der Waals surface area contributed by atoms with E-state index in [1.54, 1.807) is 11.0 Å². The molecule has 0 aromatic heterocycles. The molecule has 5 nitrogen and oxygen atoms in total. The first kappa shape index (κ1) is 26.7. The summed E-state index contributed by atoms with van der Waals surface area (Å²) >= 11 is 6.38. The van der Waals surface area contributed by atoms with Crippen LogP contribution in [0.1, 0.15) is 66.0 Å². The van der Waals surface area contributed by atoms with Gasteiger partial charge in [-0.3, -0.25) is 9.59 Å². The number of amides is 2. The summed E-state index contributed by atoms with van der Waals surface area (Å²) in [7, 11) is 0. The molecule has 0 spiro atoms. The third-order valence-electron chi connectivity index (χ3n) is 5.23. The van der Waals surface area contributed by atoms with Crippen LogP contribution in [0.5, 0.6) is 5.75 Å². The Bertz CT molecular complexity index is 960. The smallest absolute Gasteiger partial charge is 0.261 e. The molecule has 0 bridgehead atoms. The molecule has 0 aliphatic carbocycles. The molecule has 2 rings (SSSR count). The number of hydrogen-bond acceptors (Lipinski definition) is 3. The summed E-state index contributed by atoms with van der Waals surface area (Å²) in [6.45, 7) is 14.0. The monoisotopic (exact) mass is 472 g/mol. The molecular formula is C27H37ClN2O3. The van der Waals surface area contributed by atoms with Crippen LogP contribution < -0.4 is 10.1 Å². The van der Waals surface area contributed by atoms with Crippen molar-refractivity contribution in [2.24, 2.45) is 0 Å². The van der Waals surface area contributed by atoms with E-state index >= 15 is 0 Å². The van der Waals surface area contributed by atoms with Gasteiger partial charge in [0.25, 0.3) is 5.91 Å². The number of carbonyl (C=O) groups is 2. The molecule has 1 N–H and O–H groups in total. The van der Waals surface area contributed by atoms with Crippen LogP contribution in [0.25, 0.3) is 0 Å². The van der Waals surface area contributed by atoms with Gasteiger partial charge in [0.1, 0.15) is 11.8 Å². The first-order valence-corrected chi connectivity index (χ1v) is 11.8. The maximum Gasteiger partial charge on any atom is 0.261 e. The highest BCUT2D eigenvalue weighted by Gasteiger charge is 2.31. The molecule has 0 aliphatic heterocycles. The molecule has 0 fully saturated rings. The number of rotatable bonds is 8. The Hall–Kier alpha value is -2.53. The topological polar surface area (TPSA) is 58.6 Å². The molecule has 2 aromatic rings. The molecule has 180 valence electrons. The van der Waals surface area contributed by atoms with Crippen LogP contribution in [-0.4, -0.2) is 34.9 Å². The van der Waals surface area contributed by atoms with Gasteiger partial charge >= 0.3 is 0 Å². The summed E-state index contributed by atoms with van der Waals surface area (Å²) < 4.78 is 5.99. The number of ether oxygens (including phenoxy) is 1. The lowest BCUT2D eigenvalue weighted by Gasteiger charge is -2.33. The number of nitrogens with zero attached hydrogens (tertiary/aromatic N) is 1. The fourth-order valence-corrected chi connectivity index (χ4v) is 3.81. The van der Waals surface area contributed by atoms with E-state index in [0.717, 1.165) is 11.1 Å². The van der Waals surface area contributed by atoms with E-state index in [-0.39, 0.29) is 30.4 Å². The van der Waals surface area contributed by atoms with Crippen molar-refractivity contribution in [1.82, 2.24) is 10.2 Å². The molecule has 6 heteroatoms. The highest BCUT2D eigenvalue weighted by Crippen LogP contribution is 2.31. The summed E-state index contributed by atoms with van der Waals surface area (Å²) in [5.41, 5.74) is 1.26. The molecule has 0 saturated carbocycles. The minimum atomic E-state index is -0.644. The van der Waals surface area contributed by atoms with Gasteiger partial charge in [-0.25, -0.2) is 0 Å². The molecule has 0 aliphatic rings. The van der Waals surface area contributed by atoms with E-state index in [2.05, 4.69) is 26.1 Å². The second-order valence-electron chi connectivity index (χ2n) is 10.3. The van der Waals surface area contributed by atoms with Gasteiger partial charge in [-0.05, 0) is 55.9 Å². The van der Waals surface area contributed by atoms with Gasteiger partial charge in [0.15, 0.2) is 6.61 Å². The largest absolute Gasteiger partial charge is 0.483 e. The highest BCUT2D eigenvalue weighted by atomic mass is 35.5. The Morgan fingerprint density at radius 2 is 1.61 bits per heavy atom. The number of para-hydroxylation sites is 1. The van der Waals surface area contributed by atoms with Crippen LogP contribution in [-0.2, 0) is 21.5 Å². The number of nitrogens with one attached hydrogen (secondary N) is 1. The minimum absolute atomic E-state index is 0.130. The number of carbonyl (C=O) groups excluding carboxylic acids is 2. The van der Waals surface area contributed by atoms with Gasteiger partial charge < -0.3 is 15.0 Å². The molecule has 33 heavy (non-hydrogen) atoms. The molecule has 0 saturated heterocycles. The summed E-state index contributed by atoms with van der Waals surface area (Å²) in [5, 5.41) is 3.56. The van der Waals surface area contributed by atoms with Crippen molar-refractivity contribution in [2.45, 2.75) is 78.4 Å². The zero-order chi connectivity index (χ0) is 24.8. The van der Waals surface area contributed by atoms with Crippen molar-refractivity contribution in [1.29, 1.82) is 0 Å². The third kappa shape index (κ3) is 7.78. The zero-order valence-electron chi connectivity index (χ0n) is 20.9. The fraction of sp³-hybridized carbons (Fsp3) is 0.481. The van der Waals surface area contributed by atoms with Crippen LogP contribution in [0.3, 0.4) is 0 Å². The zero-order valence-corrected chi connectivity index (χ0v) is 21.6. The van der Waals surface area contributed by atoms with Crippen LogP contribution >= 0.6 is 11.6 Å². The van der Waals surface area contributed by atoms with Crippen LogP contribution in [0.2, 0.25) is 5.02 Å². The Labute approximate surface area is 203 Å². The predicted octanol–water partition coefficient (Wildman–Crippen LogP) is 5.74. The Morgan fingerprint density at radius 3 is 2.18 bits per heavy atom. The van der Waals surface area contributed by atoms with Gasteiger partial charge in [0, 0.05) is 17.1 Å². The quantitative estimate of drug-likeness (QED) is 0.533. The Morgan fingerprint density at radius 1 is 1.00 bits per heavy atom. The van der Waals surface area contributed by atoms with Gasteiger partial charge in [-0.1, -0.05) is 75.7 Å². The van der Waals surface area contributed by atoms with E-state index in [0.29, 0.717) is 17.2 Å². The van der Waals surface area contributed by atoms with Gasteiger partial charge in [-0.15, -0.1) is 0 Å². The van der Waals surface area contributed by atoms with Crippen molar-refractivity contribution in [3.05, 3.63) is 64.7 Å². The Balaban J connectivity index is 2.32. The lowest BCUT2D eigenvalue weighted by atomic mass is 9.86. The fourth-order valence-electron chi connectivity index (χ4n) is 3.62. The van der Waals surface area contributed by atoms with E-state index in [4.69, 9.17) is 16.3 Å². The summed E-state index contributed by atoms with van der Waals surface area (Å²) in [6, 6.07) is 14.4. The average Bonchev–Trinajstić information content (AvgIpc) is 2.71. The average molecular weight is 473 g/mol. The number of halogens is 1. The van der Waals surface area contributed by atoms with Crippen molar-refractivity contribution < 1.29 is 14.3 Å². The predicted molar refractivity (Wildman–Crippen MR) is 135 cm³/mol. The summed E-state index contributed by atoms with van der Waals surface area (Å²) in [6.07, 6.45) is 0.469. The third-order valence-corrected chi connectivity index (χ3v) is 5.60. The molecule has 0 radical (unpaired) electrons.